The second-order valence-corrected chi connectivity index (χ2v) is 5.30. The molecule has 0 radical (unpaired) electrons. The Kier molecular flexibility index (Phi) is 6.30. The van der Waals surface area contributed by atoms with Crippen molar-refractivity contribution in [3.8, 4) is 0 Å². The van der Waals surface area contributed by atoms with Crippen LogP contribution in [0.3, 0.4) is 0 Å². The van der Waals surface area contributed by atoms with Gasteiger partial charge in [-0.25, -0.2) is 9.18 Å². The molecule has 0 saturated heterocycles. The molecule has 1 rings (SSSR count). The van der Waals surface area contributed by atoms with Crippen molar-refractivity contribution in [3.05, 3.63) is 29.6 Å². The molecule has 0 bridgehead atoms. The molecular formula is C15H21FN2O3. The van der Waals surface area contributed by atoms with Gasteiger partial charge in [0.15, 0.2) is 0 Å². The van der Waals surface area contributed by atoms with Crippen LogP contribution in [0.2, 0.25) is 0 Å². The zero-order valence-corrected chi connectivity index (χ0v) is 12.2. The summed E-state index contributed by atoms with van der Waals surface area (Å²) in [5.41, 5.74) is 5.48. The van der Waals surface area contributed by atoms with Gasteiger partial charge in [0.2, 0.25) is 5.91 Å². The van der Waals surface area contributed by atoms with E-state index in [4.69, 9.17) is 10.8 Å². The van der Waals surface area contributed by atoms with E-state index < -0.39 is 17.3 Å². The van der Waals surface area contributed by atoms with E-state index in [9.17, 15) is 14.0 Å². The number of carboxylic acids is 1. The van der Waals surface area contributed by atoms with Crippen molar-refractivity contribution >= 4 is 17.6 Å². The van der Waals surface area contributed by atoms with Gasteiger partial charge >= 0.3 is 5.97 Å². The predicted molar refractivity (Wildman–Crippen MR) is 78.7 cm³/mol. The summed E-state index contributed by atoms with van der Waals surface area (Å²) in [7, 11) is 0. The van der Waals surface area contributed by atoms with Gasteiger partial charge in [-0.05, 0) is 38.0 Å². The average molecular weight is 296 g/mol. The highest BCUT2D eigenvalue weighted by molar-refractivity contribution is 5.93. The summed E-state index contributed by atoms with van der Waals surface area (Å²) >= 11 is 0. The minimum absolute atomic E-state index is 0.109. The molecule has 0 spiro atoms. The van der Waals surface area contributed by atoms with Crippen molar-refractivity contribution in [1.29, 1.82) is 0 Å². The fraction of sp³-hybridized carbons (Fsp3) is 0.467. The lowest BCUT2D eigenvalue weighted by atomic mass is 10.0. The van der Waals surface area contributed by atoms with Crippen molar-refractivity contribution in [2.24, 2.45) is 11.7 Å². The fourth-order valence-electron chi connectivity index (χ4n) is 1.91. The van der Waals surface area contributed by atoms with E-state index in [0.717, 1.165) is 25.0 Å². The highest BCUT2D eigenvalue weighted by Gasteiger charge is 2.15. The van der Waals surface area contributed by atoms with Crippen LogP contribution in [-0.2, 0) is 4.79 Å². The van der Waals surface area contributed by atoms with Gasteiger partial charge in [-0.1, -0.05) is 13.3 Å². The third-order valence-corrected chi connectivity index (χ3v) is 3.21. The van der Waals surface area contributed by atoms with Crippen LogP contribution >= 0.6 is 0 Å². The predicted octanol–water partition coefficient (Wildman–Crippen LogP) is 2.62. The van der Waals surface area contributed by atoms with E-state index in [0.29, 0.717) is 6.42 Å². The third kappa shape index (κ3) is 5.51. The number of nitrogens with two attached hydrogens (primary N) is 1. The van der Waals surface area contributed by atoms with E-state index in [1.807, 2.05) is 6.92 Å². The molecule has 0 aromatic heterocycles. The van der Waals surface area contributed by atoms with Crippen molar-refractivity contribution in [1.82, 2.24) is 0 Å². The number of nitrogens with one attached hydrogen (secondary N) is 1. The monoisotopic (exact) mass is 296 g/mol. The van der Waals surface area contributed by atoms with Crippen LogP contribution in [0.25, 0.3) is 0 Å². The Morgan fingerprint density at radius 1 is 1.33 bits per heavy atom. The highest BCUT2D eigenvalue weighted by Crippen LogP contribution is 2.17. The Morgan fingerprint density at radius 2 is 2.00 bits per heavy atom. The van der Waals surface area contributed by atoms with E-state index >= 15 is 0 Å². The van der Waals surface area contributed by atoms with Crippen LogP contribution in [0.15, 0.2) is 18.2 Å². The summed E-state index contributed by atoms with van der Waals surface area (Å²) < 4.78 is 13.5. The number of carbonyl (C=O) groups excluding carboxylic acids is 1. The lowest BCUT2D eigenvalue weighted by Crippen LogP contribution is -2.21. The number of carbonyl (C=O) groups is 2. The van der Waals surface area contributed by atoms with Gasteiger partial charge in [0.1, 0.15) is 5.82 Å². The summed E-state index contributed by atoms with van der Waals surface area (Å²) in [4.78, 5) is 22.6. The quantitative estimate of drug-likeness (QED) is 0.721. The summed E-state index contributed by atoms with van der Waals surface area (Å²) in [5, 5.41) is 11.3. The lowest BCUT2D eigenvalue weighted by Gasteiger charge is -2.13. The van der Waals surface area contributed by atoms with Crippen LogP contribution in [0, 0.1) is 11.7 Å². The summed E-state index contributed by atoms with van der Waals surface area (Å²) in [6, 6.07) is 3.63. The highest BCUT2D eigenvalue weighted by atomic mass is 19.1. The molecule has 1 amide bonds. The number of benzene rings is 1. The number of halogens is 1. The second kappa shape index (κ2) is 7.73. The standard InChI is InChI=1S/C15H21FN2O3/c1-9(4-3-5-10(2)17)14(19)18-11-6-7-12(15(20)21)13(16)8-11/h6-10H,3-5,17H2,1-2H3,(H,18,19)(H,20,21). The smallest absolute Gasteiger partial charge is 0.338 e. The van der Waals surface area contributed by atoms with Crippen molar-refractivity contribution in [2.45, 2.75) is 39.2 Å². The first-order valence-electron chi connectivity index (χ1n) is 6.90. The number of aromatic carboxylic acids is 1. The van der Waals surface area contributed by atoms with Gasteiger partial charge in [-0.2, -0.15) is 0 Å². The molecule has 0 aliphatic rings. The maximum absolute atomic E-state index is 13.5. The van der Waals surface area contributed by atoms with Crippen LogP contribution < -0.4 is 11.1 Å². The fourth-order valence-corrected chi connectivity index (χ4v) is 1.91. The van der Waals surface area contributed by atoms with E-state index in [1.54, 1.807) is 6.92 Å². The van der Waals surface area contributed by atoms with Crippen LogP contribution in [0.5, 0.6) is 0 Å². The van der Waals surface area contributed by atoms with Crippen molar-refractivity contribution < 1.29 is 19.1 Å². The second-order valence-electron chi connectivity index (χ2n) is 5.30. The maximum atomic E-state index is 13.5. The van der Waals surface area contributed by atoms with Gasteiger partial charge in [0.25, 0.3) is 0 Å². The Balaban J connectivity index is 2.58. The molecule has 5 nitrogen and oxygen atoms in total. The number of amides is 1. The summed E-state index contributed by atoms with van der Waals surface area (Å²) in [5.74, 6) is -2.65. The number of anilines is 1. The first-order chi connectivity index (χ1) is 9.81. The Labute approximate surface area is 123 Å². The lowest BCUT2D eigenvalue weighted by molar-refractivity contribution is -0.119. The number of rotatable bonds is 7. The molecule has 0 saturated carbocycles. The molecule has 1 aromatic carbocycles. The minimum atomic E-state index is -1.34. The molecule has 6 heteroatoms. The average Bonchev–Trinajstić information content (AvgIpc) is 2.37. The SMILES string of the molecule is CC(N)CCCC(C)C(=O)Nc1ccc(C(=O)O)c(F)c1. The van der Waals surface area contributed by atoms with Crippen molar-refractivity contribution in [3.63, 3.8) is 0 Å². The molecule has 2 unspecified atom stereocenters. The molecule has 0 heterocycles. The minimum Gasteiger partial charge on any atom is -0.478 e. The summed E-state index contributed by atoms with van der Waals surface area (Å²) in [6.07, 6.45) is 2.39. The number of hydrogen-bond acceptors (Lipinski definition) is 3. The molecule has 0 aliphatic carbocycles. The zero-order valence-electron chi connectivity index (χ0n) is 12.2. The van der Waals surface area contributed by atoms with Crippen LogP contribution in [0.4, 0.5) is 10.1 Å². The van der Waals surface area contributed by atoms with Gasteiger partial charge in [-0.3, -0.25) is 4.79 Å². The van der Waals surface area contributed by atoms with Gasteiger partial charge < -0.3 is 16.2 Å². The van der Waals surface area contributed by atoms with Gasteiger partial charge in [-0.15, -0.1) is 0 Å². The summed E-state index contributed by atoms with van der Waals surface area (Å²) in [6.45, 7) is 3.70. The Morgan fingerprint density at radius 3 is 2.52 bits per heavy atom. The number of hydrogen-bond donors (Lipinski definition) is 3. The van der Waals surface area contributed by atoms with E-state index in [2.05, 4.69) is 5.32 Å². The Hall–Kier alpha value is -1.95. The molecule has 0 fully saturated rings. The molecule has 116 valence electrons. The zero-order chi connectivity index (χ0) is 16.0. The molecule has 2 atom stereocenters. The first-order valence-corrected chi connectivity index (χ1v) is 6.90. The molecule has 4 N–H and O–H groups in total. The molecular weight excluding hydrogens is 275 g/mol. The van der Waals surface area contributed by atoms with E-state index in [-0.39, 0.29) is 23.6 Å². The van der Waals surface area contributed by atoms with Crippen LogP contribution in [0.1, 0.15) is 43.5 Å². The molecule has 1 aromatic rings. The molecule has 21 heavy (non-hydrogen) atoms. The van der Waals surface area contributed by atoms with Gasteiger partial charge in [0, 0.05) is 17.6 Å². The topological polar surface area (TPSA) is 92.4 Å². The molecule has 0 aliphatic heterocycles. The number of carboxylic acid groups (broad SMARTS) is 1. The largest absolute Gasteiger partial charge is 0.478 e. The Bertz CT molecular complexity index is 518. The third-order valence-electron chi connectivity index (χ3n) is 3.21. The van der Waals surface area contributed by atoms with Gasteiger partial charge in [0.05, 0.1) is 5.56 Å². The first kappa shape index (κ1) is 17.1. The van der Waals surface area contributed by atoms with Crippen molar-refractivity contribution in [2.75, 3.05) is 5.32 Å². The van der Waals surface area contributed by atoms with E-state index in [1.165, 1.54) is 6.07 Å². The maximum Gasteiger partial charge on any atom is 0.338 e. The normalized spacial score (nSPS) is 13.5. The van der Waals surface area contributed by atoms with Crippen LogP contribution in [-0.4, -0.2) is 23.0 Å².